The maximum absolute atomic E-state index is 9.92. The van der Waals surface area contributed by atoms with Gasteiger partial charge in [0.1, 0.15) is 0 Å². The lowest BCUT2D eigenvalue weighted by Crippen LogP contribution is -2.03. The molecule has 0 radical (unpaired) electrons. The van der Waals surface area contributed by atoms with Gasteiger partial charge in [-0.05, 0) is 0 Å². The molecule has 60 valence electrons. The van der Waals surface area contributed by atoms with E-state index in [0.29, 0.717) is 0 Å². The van der Waals surface area contributed by atoms with Crippen molar-refractivity contribution in [3.8, 4) is 0 Å². The fourth-order valence-electron chi connectivity index (χ4n) is 0.303. The minimum absolute atomic E-state index is 0.579. The van der Waals surface area contributed by atoms with Crippen LogP contribution in [0.4, 0.5) is 4.79 Å². The highest BCUT2D eigenvalue weighted by Gasteiger charge is 2.10. The van der Waals surface area contributed by atoms with Gasteiger partial charge in [-0.2, -0.15) is 0 Å². The molecular formula is C5H5NO5. The van der Waals surface area contributed by atoms with Crippen LogP contribution in [0.2, 0.25) is 0 Å². The maximum Gasteiger partial charge on any atom is 0.402 e. The zero-order valence-corrected chi connectivity index (χ0v) is 5.31. The number of rotatable bonds is 0. The van der Waals surface area contributed by atoms with E-state index in [1.165, 1.54) is 0 Å². The van der Waals surface area contributed by atoms with Gasteiger partial charge in [0.2, 0.25) is 0 Å². The smallest absolute Gasteiger partial charge is 0.402 e. The van der Waals surface area contributed by atoms with Gasteiger partial charge in [0.05, 0.1) is 0 Å². The van der Waals surface area contributed by atoms with Gasteiger partial charge in [0.15, 0.2) is 0 Å². The molecule has 6 nitrogen and oxygen atoms in total. The average Bonchev–Trinajstić information content (AvgIpc) is 2.13. The molecule has 6 heteroatoms. The molecular weight excluding hydrogens is 154 g/mol. The number of hydrogen-bond acceptors (Lipinski definition) is 4. The number of esters is 2. The average molecular weight is 159 g/mol. The van der Waals surface area contributed by atoms with E-state index in [1.807, 2.05) is 0 Å². The van der Waals surface area contributed by atoms with E-state index in [1.54, 1.807) is 0 Å². The van der Waals surface area contributed by atoms with Gasteiger partial charge in [0.25, 0.3) is 0 Å². The third-order valence-corrected chi connectivity index (χ3v) is 0.557. The van der Waals surface area contributed by atoms with Crippen molar-refractivity contribution < 1.29 is 24.2 Å². The largest absolute Gasteiger partial charge is 0.465 e. The van der Waals surface area contributed by atoms with E-state index in [4.69, 9.17) is 9.90 Å². The lowest BCUT2D eigenvalue weighted by atomic mass is 10.6. The molecule has 0 aliphatic carbocycles. The highest BCUT2D eigenvalue weighted by atomic mass is 16.6. The first-order valence-electron chi connectivity index (χ1n) is 2.44. The number of hydrogen-bond donors (Lipinski definition) is 2. The van der Waals surface area contributed by atoms with Crippen molar-refractivity contribution in [2.45, 2.75) is 0 Å². The summed E-state index contributed by atoms with van der Waals surface area (Å²) in [6.07, 6.45) is 0.838. The second kappa shape index (κ2) is 4.04. The van der Waals surface area contributed by atoms with E-state index in [2.05, 4.69) is 10.5 Å². The standard InChI is InChI=1S/C4H2O3.CH3NO2/c5-3-1-2-4(6)7-3;2-1(3)4/h1-2H;2H2,(H,3,4). The van der Waals surface area contributed by atoms with Crippen LogP contribution >= 0.6 is 0 Å². The van der Waals surface area contributed by atoms with Gasteiger partial charge in [-0.15, -0.1) is 0 Å². The molecule has 0 bridgehead atoms. The van der Waals surface area contributed by atoms with Crippen molar-refractivity contribution in [3.05, 3.63) is 12.2 Å². The normalized spacial score (nSPS) is 13.5. The summed E-state index contributed by atoms with van der Waals surface area (Å²) in [5.74, 6) is -1.16. The number of carbonyl (C=O) groups is 3. The summed E-state index contributed by atoms with van der Waals surface area (Å²) in [5.41, 5.74) is 4.03. The second-order valence-electron chi connectivity index (χ2n) is 1.41. The third-order valence-electron chi connectivity index (χ3n) is 0.557. The molecule has 1 rings (SSSR count). The van der Waals surface area contributed by atoms with E-state index < -0.39 is 18.0 Å². The Morgan fingerprint density at radius 1 is 1.36 bits per heavy atom. The summed E-state index contributed by atoms with van der Waals surface area (Å²) >= 11 is 0. The molecule has 3 N–H and O–H groups in total. The fraction of sp³-hybridized carbons (Fsp3) is 0. The number of carbonyl (C=O) groups excluding carboxylic acids is 2. The monoisotopic (exact) mass is 159 g/mol. The molecule has 0 fully saturated rings. The lowest BCUT2D eigenvalue weighted by Gasteiger charge is -1.80. The van der Waals surface area contributed by atoms with Crippen molar-refractivity contribution in [2.75, 3.05) is 0 Å². The molecule has 1 aliphatic heterocycles. The Hall–Kier alpha value is -1.85. The quantitative estimate of drug-likeness (QED) is 0.357. The van der Waals surface area contributed by atoms with Gasteiger partial charge < -0.3 is 15.6 Å². The van der Waals surface area contributed by atoms with Crippen molar-refractivity contribution >= 4 is 18.0 Å². The molecule has 1 aliphatic rings. The summed E-state index contributed by atoms with van der Waals surface area (Å²) in [5, 5.41) is 7.19. The number of nitrogens with two attached hydrogens (primary N) is 1. The number of amides is 1. The van der Waals surface area contributed by atoms with Crippen LogP contribution < -0.4 is 5.73 Å². The molecule has 0 spiro atoms. The van der Waals surface area contributed by atoms with Crippen molar-refractivity contribution in [2.24, 2.45) is 5.73 Å². The highest BCUT2D eigenvalue weighted by Crippen LogP contribution is 1.92. The zero-order valence-electron chi connectivity index (χ0n) is 5.31. The molecule has 0 atom stereocenters. The Kier molecular flexibility index (Phi) is 3.36. The van der Waals surface area contributed by atoms with Gasteiger partial charge >= 0.3 is 18.0 Å². The predicted molar refractivity (Wildman–Crippen MR) is 32.5 cm³/mol. The Labute approximate surface area is 61.2 Å². The van der Waals surface area contributed by atoms with Crippen molar-refractivity contribution in [1.29, 1.82) is 0 Å². The molecule has 0 aromatic rings. The molecule has 1 heterocycles. The van der Waals surface area contributed by atoms with Crippen LogP contribution in [-0.2, 0) is 14.3 Å². The maximum atomic E-state index is 9.92. The number of cyclic esters (lactones) is 2. The van der Waals surface area contributed by atoms with Crippen LogP contribution in [-0.4, -0.2) is 23.1 Å². The summed E-state index contributed by atoms with van der Waals surface area (Å²) < 4.78 is 3.97. The Balaban J connectivity index is 0.000000218. The van der Waals surface area contributed by atoms with Crippen LogP contribution in [0.5, 0.6) is 0 Å². The first kappa shape index (κ1) is 9.15. The molecule has 1 amide bonds. The summed E-state index contributed by atoms with van der Waals surface area (Å²) in [7, 11) is 0. The number of primary amides is 1. The van der Waals surface area contributed by atoms with Gasteiger partial charge in [-0.1, -0.05) is 0 Å². The van der Waals surface area contributed by atoms with E-state index in [0.717, 1.165) is 12.2 Å². The minimum atomic E-state index is -1.33. The summed E-state index contributed by atoms with van der Waals surface area (Å²) in [4.78, 5) is 28.6. The summed E-state index contributed by atoms with van der Waals surface area (Å²) in [6.45, 7) is 0. The summed E-state index contributed by atoms with van der Waals surface area (Å²) in [6, 6.07) is 0. The van der Waals surface area contributed by atoms with Gasteiger partial charge in [-0.25, -0.2) is 14.4 Å². The molecule has 0 saturated heterocycles. The topological polar surface area (TPSA) is 107 Å². The first-order valence-corrected chi connectivity index (χ1v) is 2.44. The van der Waals surface area contributed by atoms with Crippen LogP contribution in [0, 0.1) is 0 Å². The Bertz CT molecular complexity index is 199. The third kappa shape index (κ3) is 6.03. The number of ether oxygens (including phenoxy) is 1. The van der Waals surface area contributed by atoms with Gasteiger partial charge in [0, 0.05) is 12.2 Å². The van der Waals surface area contributed by atoms with Crippen molar-refractivity contribution in [1.82, 2.24) is 0 Å². The Morgan fingerprint density at radius 3 is 1.73 bits per heavy atom. The Morgan fingerprint density at radius 2 is 1.64 bits per heavy atom. The van der Waals surface area contributed by atoms with E-state index in [-0.39, 0.29) is 0 Å². The molecule has 0 unspecified atom stereocenters. The highest BCUT2D eigenvalue weighted by molar-refractivity contribution is 6.04. The van der Waals surface area contributed by atoms with E-state index in [9.17, 15) is 9.59 Å². The second-order valence-corrected chi connectivity index (χ2v) is 1.41. The SMILES string of the molecule is NC(=O)O.O=C1C=CC(=O)O1. The molecule has 0 saturated carbocycles. The van der Waals surface area contributed by atoms with E-state index >= 15 is 0 Å². The van der Waals surface area contributed by atoms with Gasteiger partial charge in [-0.3, -0.25) is 0 Å². The molecule has 11 heavy (non-hydrogen) atoms. The molecule has 0 aromatic carbocycles. The lowest BCUT2D eigenvalue weighted by molar-refractivity contribution is -0.150. The van der Waals surface area contributed by atoms with Crippen LogP contribution in [0.3, 0.4) is 0 Å². The predicted octanol–water partition coefficient (Wildman–Crippen LogP) is -0.751. The van der Waals surface area contributed by atoms with Crippen LogP contribution in [0.25, 0.3) is 0 Å². The van der Waals surface area contributed by atoms with Crippen molar-refractivity contribution in [3.63, 3.8) is 0 Å². The zero-order chi connectivity index (χ0) is 8.85. The fourth-order valence-corrected chi connectivity index (χ4v) is 0.303. The molecule has 0 aromatic heterocycles. The van der Waals surface area contributed by atoms with Crippen LogP contribution in [0.1, 0.15) is 0 Å². The first-order chi connectivity index (χ1) is 5.02. The number of carboxylic acid groups (broad SMARTS) is 1. The minimum Gasteiger partial charge on any atom is -0.465 e. The van der Waals surface area contributed by atoms with Crippen LogP contribution in [0.15, 0.2) is 12.2 Å².